The van der Waals surface area contributed by atoms with E-state index in [9.17, 15) is 45.1 Å². The molecule has 16 nitrogen and oxygen atoms in total. The summed E-state index contributed by atoms with van der Waals surface area (Å²) in [5.74, 6) is 3.35. The molecule has 0 bridgehead atoms. The number of carbonyl (C=O) groups excluding carboxylic acids is 4. The number of hydrogen-bond donors (Lipinski definition) is 2. The quantitative estimate of drug-likeness (QED) is 0.0503. The van der Waals surface area contributed by atoms with Crippen LogP contribution in [0.5, 0.6) is 40.2 Å². The third-order valence-electron chi connectivity index (χ3n) is 18.7. The van der Waals surface area contributed by atoms with E-state index in [4.69, 9.17) is 18.9 Å². The van der Waals surface area contributed by atoms with Gasteiger partial charge < -0.3 is 23.5 Å². The lowest BCUT2D eigenvalue weighted by Crippen LogP contribution is -2.28. The number of carbonyl (C=O) groups is 4. The lowest BCUT2D eigenvalue weighted by Gasteiger charge is -2.34. The van der Waals surface area contributed by atoms with Gasteiger partial charge in [-0.1, -0.05) is 180 Å². The predicted molar refractivity (Wildman–Crippen MR) is 412 cm³/mol. The molecule has 18 heteroatoms. The van der Waals surface area contributed by atoms with E-state index in [1.165, 1.54) is 39.9 Å². The molecule has 0 unspecified atom stereocenters. The molecule has 0 spiro atoms. The molecule has 0 aliphatic heterocycles. The molecule has 13 aromatic carbocycles. The first-order chi connectivity index (χ1) is 52.1. The minimum absolute atomic E-state index is 0.00291. The molecule has 0 saturated carbocycles. The van der Waals surface area contributed by atoms with Gasteiger partial charge in [0.1, 0.15) is 51.5 Å². The van der Waals surface area contributed by atoms with Crippen molar-refractivity contribution in [1.82, 2.24) is 9.55 Å². The van der Waals surface area contributed by atoms with E-state index in [-0.39, 0.29) is 34.2 Å². The number of fused-ring (bicyclic) bond motifs is 3. The second-order valence-electron chi connectivity index (χ2n) is 25.9. The molecule has 14 aromatic rings. The summed E-state index contributed by atoms with van der Waals surface area (Å²) in [4.78, 5) is 56.3. The van der Waals surface area contributed by atoms with Crippen molar-refractivity contribution in [2.24, 2.45) is 0 Å². The van der Waals surface area contributed by atoms with Crippen LogP contribution in [0.25, 0.3) is 27.9 Å². The Morgan fingerprint density at radius 2 is 0.750 bits per heavy atom. The molecule has 1 heterocycles. The number of aromatic nitrogens is 2. The highest BCUT2D eigenvalue weighted by atomic mass is 32.2. The normalized spacial score (nSPS) is 12.0. The van der Waals surface area contributed by atoms with Crippen LogP contribution < -0.4 is 18.9 Å². The highest BCUT2D eigenvalue weighted by Gasteiger charge is 2.46. The molecule has 0 atom stereocenters. The summed E-state index contributed by atoms with van der Waals surface area (Å²) < 4.78 is 92.3. The maximum absolute atomic E-state index is 14.0. The van der Waals surface area contributed by atoms with Crippen molar-refractivity contribution in [1.29, 1.82) is 0 Å². The number of hydrogen-bond acceptors (Lipinski definition) is 13. The topological polar surface area (TPSA) is 232 Å². The lowest BCUT2D eigenvalue weighted by atomic mass is 9.68. The minimum Gasteiger partial charge on any atom is -0.497 e. The van der Waals surface area contributed by atoms with E-state index >= 15 is 0 Å². The van der Waals surface area contributed by atoms with Gasteiger partial charge in [0.15, 0.2) is 23.1 Å². The van der Waals surface area contributed by atoms with Crippen molar-refractivity contribution >= 4 is 43.4 Å². The Morgan fingerprint density at radius 3 is 1.18 bits per heavy atom. The summed E-state index contributed by atoms with van der Waals surface area (Å²) >= 11 is 0. The monoisotopic (exact) mass is 1460 g/mol. The van der Waals surface area contributed by atoms with Crippen LogP contribution in [0.15, 0.2) is 326 Å². The van der Waals surface area contributed by atoms with Crippen LogP contribution in [-0.4, -0.2) is 65.7 Å². The Bertz CT molecular complexity index is 5960. The minimum atomic E-state index is -4.95. The molecule has 108 heavy (non-hydrogen) atoms. The number of aryl methyl sites for hydroxylation is 3. The number of benzene rings is 13. The van der Waals surface area contributed by atoms with Crippen molar-refractivity contribution in [3.05, 3.63) is 399 Å². The van der Waals surface area contributed by atoms with Crippen LogP contribution in [0.1, 0.15) is 103 Å². The SMILES string of the molecule is COc1ccc(C2(c3ccc(Oc4ccc(C(=O)c5ccc(C)cc5)cc4)cc3)c3ccccc3-c3ccccc32)cc1.Cc1ccc(C(=O)c2ccc(Oc3cccc(Oc4ccc(C(=O)c5ccc(-c6ccc(C)cc6C(=O)c6ccc(-n7cnc(S(=O)(=O)O)c7)c(S(=O)(=O)O)c6)cc5)cc4)c3)cc2)cc1. The molecule has 1 aliphatic carbocycles. The summed E-state index contributed by atoms with van der Waals surface area (Å²) in [6.07, 6.45) is 1.79. The van der Waals surface area contributed by atoms with Crippen LogP contribution in [0.4, 0.5) is 0 Å². The van der Waals surface area contributed by atoms with E-state index in [1.54, 1.807) is 141 Å². The van der Waals surface area contributed by atoms with Gasteiger partial charge in [0.2, 0.25) is 5.03 Å². The number of methoxy groups -OCH3 is 1. The Labute approximate surface area is 623 Å². The van der Waals surface area contributed by atoms with E-state index in [0.717, 1.165) is 56.9 Å². The van der Waals surface area contributed by atoms with E-state index in [0.29, 0.717) is 73.3 Å². The summed E-state index contributed by atoms with van der Waals surface area (Å²) in [6, 6.07) is 92.4. The second kappa shape index (κ2) is 30.1. The molecule has 0 amide bonds. The third kappa shape index (κ3) is 15.1. The van der Waals surface area contributed by atoms with Crippen molar-refractivity contribution in [3.8, 4) is 68.2 Å². The van der Waals surface area contributed by atoms with Gasteiger partial charge in [0.05, 0.1) is 24.4 Å². The van der Waals surface area contributed by atoms with Gasteiger partial charge in [-0.3, -0.25) is 28.3 Å². The zero-order valence-corrected chi connectivity index (χ0v) is 60.2. The average molecular weight is 1460 g/mol. The Hall–Kier alpha value is -13.2. The van der Waals surface area contributed by atoms with Crippen molar-refractivity contribution in [2.45, 2.75) is 36.1 Å². The lowest BCUT2D eigenvalue weighted by molar-refractivity contribution is 0.103. The maximum Gasteiger partial charge on any atom is 0.313 e. The highest BCUT2D eigenvalue weighted by Crippen LogP contribution is 2.56. The summed E-state index contributed by atoms with van der Waals surface area (Å²) in [5, 5.41) is -0.751. The molecule has 1 aliphatic rings. The fourth-order valence-corrected chi connectivity index (χ4v) is 14.4. The number of imidazole rings is 1. The number of rotatable bonds is 21. The smallest absolute Gasteiger partial charge is 0.313 e. The second-order valence-corrected chi connectivity index (χ2v) is 28.6. The number of ether oxygens (including phenoxy) is 4. The molecule has 532 valence electrons. The van der Waals surface area contributed by atoms with Crippen LogP contribution in [-0.2, 0) is 25.7 Å². The van der Waals surface area contributed by atoms with E-state index in [2.05, 4.69) is 77.8 Å². The van der Waals surface area contributed by atoms with Crippen LogP contribution >= 0.6 is 0 Å². The van der Waals surface area contributed by atoms with Crippen LogP contribution in [0, 0.1) is 20.8 Å². The molecule has 2 N–H and O–H groups in total. The standard InChI is InChI=1S/C50H36N2O11S2.C40H30O3/c1-31-6-9-34(10-7-31)48(53)36-15-20-39(21-16-36)62-41-4-3-5-42(28-41)63-40-22-17-37(18-23-40)49(54)35-13-11-33(12-14-35)43-24-8-32(2)26-44(43)50(55)38-19-25-45(46(27-38)64(56,57)58)52-29-47(51-30-52)65(59,60)61;1-27-11-13-28(14-12-27)39(41)29-15-21-33(22-16-29)43-34-25-19-31(20-26-34)40(30-17-23-32(42-2)24-18-30)37-9-5-3-7-35(37)36-8-4-6-10-38(36)40/h3-30H,1-2H3,(H,56,57,58)(H,59,60,61);3-26H,1-2H3. The van der Waals surface area contributed by atoms with Gasteiger partial charge in [-0.05, 0) is 199 Å². The first-order valence-corrected chi connectivity index (χ1v) is 37.0. The van der Waals surface area contributed by atoms with Crippen LogP contribution in [0.2, 0.25) is 0 Å². The molecule has 0 fully saturated rings. The van der Waals surface area contributed by atoms with Gasteiger partial charge in [-0.15, -0.1) is 0 Å². The first-order valence-electron chi connectivity index (χ1n) is 34.1. The zero-order chi connectivity index (χ0) is 75.4. The summed E-state index contributed by atoms with van der Waals surface area (Å²) in [7, 11) is -7.97. The number of ketones is 4. The highest BCUT2D eigenvalue weighted by molar-refractivity contribution is 7.86. The van der Waals surface area contributed by atoms with Crippen molar-refractivity contribution in [3.63, 3.8) is 0 Å². The number of nitrogens with zero attached hydrogens (tertiary/aromatic N) is 2. The van der Waals surface area contributed by atoms with Gasteiger partial charge in [-0.2, -0.15) is 16.8 Å². The van der Waals surface area contributed by atoms with Gasteiger partial charge in [-0.25, -0.2) is 4.98 Å². The van der Waals surface area contributed by atoms with E-state index < -0.39 is 41.4 Å². The Balaban J connectivity index is 0.000000196. The summed E-state index contributed by atoms with van der Waals surface area (Å²) in [5.41, 5.74) is 14.0. The third-order valence-corrected chi connectivity index (χ3v) is 20.4. The molecule has 15 rings (SSSR count). The van der Waals surface area contributed by atoms with Crippen molar-refractivity contribution < 1.29 is 64.1 Å². The molecule has 0 saturated heterocycles. The molecule has 1 aromatic heterocycles. The molecular formula is C90H66N2O14S2. The molecular weight excluding hydrogens is 1400 g/mol. The summed E-state index contributed by atoms with van der Waals surface area (Å²) in [6.45, 7) is 5.76. The van der Waals surface area contributed by atoms with Crippen LogP contribution in [0.3, 0.4) is 0 Å². The fraction of sp³-hybridized carbons (Fsp3) is 0.0556. The van der Waals surface area contributed by atoms with E-state index in [1.807, 2.05) is 98.8 Å². The largest absolute Gasteiger partial charge is 0.497 e. The fourth-order valence-electron chi connectivity index (χ4n) is 13.3. The average Bonchev–Trinajstić information content (AvgIpc) is 1.54. The van der Waals surface area contributed by atoms with Crippen molar-refractivity contribution in [2.75, 3.05) is 7.11 Å². The van der Waals surface area contributed by atoms with Gasteiger partial charge in [0, 0.05) is 50.6 Å². The van der Waals surface area contributed by atoms with Gasteiger partial charge in [0.25, 0.3) is 10.1 Å². The zero-order valence-electron chi connectivity index (χ0n) is 58.5. The molecule has 0 radical (unpaired) electrons. The Kier molecular flexibility index (Phi) is 20.0. The van der Waals surface area contributed by atoms with Gasteiger partial charge >= 0.3 is 10.1 Å². The Morgan fingerprint density at radius 1 is 0.361 bits per heavy atom. The predicted octanol–water partition coefficient (Wildman–Crippen LogP) is 19.3. The first kappa shape index (κ1) is 71.7. The maximum atomic E-state index is 14.0.